The molecule has 0 saturated heterocycles. The van der Waals surface area contributed by atoms with Crippen LogP contribution in [0.15, 0.2) is 54.1 Å². The third kappa shape index (κ3) is 6.71. The van der Waals surface area contributed by atoms with E-state index < -0.39 is 0 Å². The van der Waals surface area contributed by atoms with Gasteiger partial charge in [-0.15, -0.1) is 0 Å². The first-order valence-electron chi connectivity index (χ1n) is 11.0. The molecule has 0 unspecified atom stereocenters. The van der Waals surface area contributed by atoms with Crippen LogP contribution in [-0.2, 0) is 9.59 Å². The van der Waals surface area contributed by atoms with Crippen molar-refractivity contribution in [2.24, 2.45) is 5.92 Å². The van der Waals surface area contributed by atoms with Crippen LogP contribution in [0.5, 0.6) is 5.75 Å². The second-order valence-corrected chi connectivity index (χ2v) is 8.28. The molecule has 166 valence electrons. The van der Waals surface area contributed by atoms with Gasteiger partial charge in [0.1, 0.15) is 17.4 Å². The van der Waals surface area contributed by atoms with Crippen molar-refractivity contribution in [3.63, 3.8) is 0 Å². The molecule has 1 aliphatic rings. The Kier molecular flexibility index (Phi) is 8.04. The van der Waals surface area contributed by atoms with Gasteiger partial charge in [0, 0.05) is 11.7 Å². The van der Waals surface area contributed by atoms with Crippen molar-refractivity contribution in [3.05, 3.63) is 65.2 Å². The summed E-state index contributed by atoms with van der Waals surface area (Å²) < 4.78 is 5.53. The van der Waals surface area contributed by atoms with Crippen molar-refractivity contribution in [2.45, 2.75) is 45.6 Å². The standard InChI is InChI=1S/C26H29N3O3/c1-18-7-11-22(12-8-18)28-25(30)17-32-23-13-9-20(10-14-23)15-21(16-27)26(31)29-24-6-4-3-5-19(24)2/h7-15,19,24H,3-6,17H2,1-2H3,(H,28,30)(H,29,31)/b21-15+/t19-,24-/m1/s1. The molecule has 6 nitrogen and oxygen atoms in total. The fourth-order valence-electron chi connectivity index (χ4n) is 3.74. The van der Waals surface area contributed by atoms with Crippen molar-refractivity contribution >= 4 is 23.6 Å². The summed E-state index contributed by atoms with van der Waals surface area (Å²) in [6.07, 6.45) is 5.91. The summed E-state index contributed by atoms with van der Waals surface area (Å²) in [5, 5.41) is 15.2. The van der Waals surface area contributed by atoms with Crippen molar-refractivity contribution in [1.29, 1.82) is 5.26 Å². The number of rotatable bonds is 7. The van der Waals surface area contributed by atoms with E-state index in [0.29, 0.717) is 17.2 Å². The molecule has 0 aromatic heterocycles. The van der Waals surface area contributed by atoms with Gasteiger partial charge >= 0.3 is 0 Å². The maximum absolute atomic E-state index is 12.5. The number of amides is 2. The largest absolute Gasteiger partial charge is 0.484 e. The number of anilines is 1. The van der Waals surface area contributed by atoms with Gasteiger partial charge < -0.3 is 15.4 Å². The number of nitriles is 1. The van der Waals surface area contributed by atoms with E-state index in [0.717, 1.165) is 30.5 Å². The van der Waals surface area contributed by atoms with Gasteiger partial charge in [0.2, 0.25) is 0 Å². The number of hydrogen-bond acceptors (Lipinski definition) is 4. The molecule has 0 bridgehead atoms. The van der Waals surface area contributed by atoms with Crippen LogP contribution in [0.3, 0.4) is 0 Å². The lowest BCUT2D eigenvalue weighted by molar-refractivity contribution is -0.119. The quantitative estimate of drug-likeness (QED) is 0.495. The van der Waals surface area contributed by atoms with Crippen LogP contribution < -0.4 is 15.4 Å². The Hall–Kier alpha value is -3.59. The van der Waals surface area contributed by atoms with E-state index >= 15 is 0 Å². The molecule has 2 aromatic carbocycles. The highest BCUT2D eigenvalue weighted by molar-refractivity contribution is 6.01. The lowest BCUT2D eigenvalue weighted by Crippen LogP contribution is -2.41. The summed E-state index contributed by atoms with van der Waals surface area (Å²) in [4.78, 5) is 24.6. The minimum absolute atomic E-state index is 0.0777. The third-order valence-electron chi connectivity index (χ3n) is 5.69. The highest BCUT2D eigenvalue weighted by atomic mass is 16.5. The van der Waals surface area contributed by atoms with E-state index in [1.165, 1.54) is 6.42 Å². The van der Waals surface area contributed by atoms with E-state index in [4.69, 9.17) is 4.74 Å². The zero-order valence-corrected chi connectivity index (χ0v) is 18.6. The summed E-state index contributed by atoms with van der Waals surface area (Å²) in [7, 11) is 0. The molecule has 0 aliphatic heterocycles. The maximum atomic E-state index is 12.5. The molecule has 0 heterocycles. The highest BCUT2D eigenvalue weighted by Crippen LogP contribution is 2.24. The highest BCUT2D eigenvalue weighted by Gasteiger charge is 2.24. The molecule has 0 spiro atoms. The van der Waals surface area contributed by atoms with Crippen LogP contribution in [0.25, 0.3) is 6.08 Å². The van der Waals surface area contributed by atoms with Gasteiger partial charge in [-0.1, -0.05) is 49.6 Å². The average Bonchev–Trinajstić information content (AvgIpc) is 2.80. The van der Waals surface area contributed by atoms with E-state index in [-0.39, 0.29) is 30.0 Å². The van der Waals surface area contributed by atoms with Gasteiger partial charge in [-0.05, 0) is 61.6 Å². The Bertz CT molecular complexity index is 1000. The molecule has 2 amide bonds. The molecule has 32 heavy (non-hydrogen) atoms. The van der Waals surface area contributed by atoms with Gasteiger partial charge in [-0.25, -0.2) is 0 Å². The first-order valence-corrected chi connectivity index (χ1v) is 11.0. The summed E-state index contributed by atoms with van der Waals surface area (Å²) >= 11 is 0. The number of carbonyl (C=O) groups is 2. The van der Waals surface area contributed by atoms with E-state index in [9.17, 15) is 14.9 Å². The van der Waals surface area contributed by atoms with Gasteiger partial charge in [0.05, 0.1) is 0 Å². The first-order chi connectivity index (χ1) is 15.4. The van der Waals surface area contributed by atoms with Crippen LogP contribution in [0, 0.1) is 24.2 Å². The molecule has 1 fully saturated rings. The zero-order chi connectivity index (χ0) is 22.9. The minimum Gasteiger partial charge on any atom is -0.484 e. The number of ether oxygens (including phenoxy) is 1. The Morgan fingerprint density at radius 1 is 1.09 bits per heavy atom. The fourth-order valence-corrected chi connectivity index (χ4v) is 3.74. The van der Waals surface area contributed by atoms with E-state index in [2.05, 4.69) is 17.6 Å². The van der Waals surface area contributed by atoms with Gasteiger partial charge in [-0.2, -0.15) is 5.26 Å². The second-order valence-electron chi connectivity index (χ2n) is 8.28. The lowest BCUT2D eigenvalue weighted by atomic mass is 9.86. The zero-order valence-electron chi connectivity index (χ0n) is 18.6. The number of nitrogens with zero attached hydrogens (tertiary/aromatic N) is 1. The van der Waals surface area contributed by atoms with Crippen molar-refractivity contribution in [2.75, 3.05) is 11.9 Å². The maximum Gasteiger partial charge on any atom is 0.262 e. The topological polar surface area (TPSA) is 91.2 Å². The SMILES string of the molecule is Cc1ccc(NC(=O)COc2ccc(/C=C(\C#N)C(=O)N[C@@H]3CCCC[C@H]3C)cc2)cc1. The Balaban J connectivity index is 1.53. The number of benzene rings is 2. The Labute approximate surface area is 189 Å². The Morgan fingerprint density at radius 3 is 2.44 bits per heavy atom. The van der Waals surface area contributed by atoms with Crippen LogP contribution in [0.1, 0.15) is 43.7 Å². The third-order valence-corrected chi connectivity index (χ3v) is 5.69. The van der Waals surface area contributed by atoms with Crippen molar-refractivity contribution < 1.29 is 14.3 Å². The Morgan fingerprint density at radius 2 is 1.78 bits per heavy atom. The molecular formula is C26H29N3O3. The summed E-state index contributed by atoms with van der Waals surface area (Å²) in [6.45, 7) is 4.00. The summed E-state index contributed by atoms with van der Waals surface area (Å²) in [5.41, 5.74) is 2.63. The molecule has 1 aliphatic carbocycles. The van der Waals surface area contributed by atoms with Crippen LogP contribution in [0.2, 0.25) is 0 Å². The van der Waals surface area contributed by atoms with Crippen molar-refractivity contribution in [3.8, 4) is 11.8 Å². The van der Waals surface area contributed by atoms with Crippen LogP contribution >= 0.6 is 0 Å². The second kappa shape index (κ2) is 11.1. The number of aryl methyl sites for hydroxylation is 1. The lowest BCUT2D eigenvalue weighted by Gasteiger charge is -2.29. The first kappa shape index (κ1) is 23.1. The minimum atomic E-state index is -0.334. The summed E-state index contributed by atoms with van der Waals surface area (Å²) in [6, 6.07) is 16.6. The predicted octanol–water partition coefficient (Wildman–Crippen LogP) is 4.61. The van der Waals surface area contributed by atoms with Gasteiger partial charge in [0.15, 0.2) is 6.61 Å². The average molecular weight is 432 g/mol. The molecule has 2 aromatic rings. The van der Waals surface area contributed by atoms with Crippen molar-refractivity contribution in [1.82, 2.24) is 5.32 Å². The van der Waals surface area contributed by atoms with Gasteiger partial charge in [-0.3, -0.25) is 9.59 Å². The monoisotopic (exact) mass is 431 g/mol. The van der Waals surface area contributed by atoms with Crippen LogP contribution in [0.4, 0.5) is 5.69 Å². The molecule has 2 atom stereocenters. The van der Waals surface area contributed by atoms with E-state index in [1.54, 1.807) is 30.3 Å². The number of nitrogens with one attached hydrogen (secondary N) is 2. The smallest absolute Gasteiger partial charge is 0.262 e. The predicted molar refractivity (Wildman–Crippen MR) is 125 cm³/mol. The molecule has 6 heteroatoms. The number of hydrogen-bond donors (Lipinski definition) is 2. The van der Waals surface area contributed by atoms with Gasteiger partial charge in [0.25, 0.3) is 11.8 Å². The van der Waals surface area contributed by atoms with Crippen LogP contribution in [-0.4, -0.2) is 24.5 Å². The molecular weight excluding hydrogens is 402 g/mol. The van der Waals surface area contributed by atoms with E-state index in [1.807, 2.05) is 37.3 Å². The normalized spacial score (nSPS) is 18.3. The molecule has 3 rings (SSSR count). The summed E-state index contributed by atoms with van der Waals surface area (Å²) in [5.74, 6) is 0.366. The fraction of sp³-hybridized carbons (Fsp3) is 0.346. The number of carbonyl (C=O) groups excluding carboxylic acids is 2. The molecule has 1 saturated carbocycles. The molecule has 2 N–H and O–H groups in total. The molecule has 0 radical (unpaired) electrons.